The summed E-state index contributed by atoms with van der Waals surface area (Å²) in [6, 6.07) is 7.63. The zero-order chi connectivity index (χ0) is 15.9. The Hall–Kier alpha value is -2.63. The van der Waals surface area contributed by atoms with Gasteiger partial charge in [0.2, 0.25) is 5.91 Å². The number of nitrogens with zero attached hydrogens (tertiary/aromatic N) is 2. The summed E-state index contributed by atoms with van der Waals surface area (Å²) in [6.07, 6.45) is 1.75. The van der Waals surface area contributed by atoms with E-state index in [1.165, 1.54) is 16.7 Å². The predicted octanol–water partition coefficient (Wildman–Crippen LogP) is 1.92. The summed E-state index contributed by atoms with van der Waals surface area (Å²) in [7, 11) is 0. The highest BCUT2D eigenvalue weighted by Crippen LogP contribution is 2.16. The van der Waals surface area contributed by atoms with Crippen LogP contribution in [0.4, 0.5) is 4.39 Å². The molecule has 114 valence electrons. The van der Waals surface area contributed by atoms with Crippen molar-refractivity contribution in [3.63, 3.8) is 0 Å². The average Bonchev–Trinajstić information content (AvgIpc) is 2.92. The Kier molecular flexibility index (Phi) is 3.44. The van der Waals surface area contributed by atoms with Gasteiger partial charge in [0.15, 0.2) is 0 Å². The van der Waals surface area contributed by atoms with E-state index in [9.17, 15) is 14.0 Å². The van der Waals surface area contributed by atoms with Crippen LogP contribution in [-0.2, 0) is 11.3 Å². The number of rotatable bonds is 3. The first-order valence-corrected chi connectivity index (χ1v) is 7.06. The van der Waals surface area contributed by atoms with E-state index >= 15 is 0 Å². The molecule has 2 heterocycles. The van der Waals surface area contributed by atoms with Crippen LogP contribution in [0.1, 0.15) is 13.8 Å². The highest BCUT2D eigenvalue weighted by Gasteiger charge is 2.14. The number of hydrogen-bond acceptors (Lipinski definition) is 2. The molecule has 0 unspecified atom stereocenters. The van der Waals surface area contributed by atoms with Crippen molar-refractivity contribution in [2.45, 2.75) is 26.4 Å². The molecule has 1 N–H and O–H groups in total. The monoisotopic (exact) mass is 301 g/mol. The minimum Gasteiger partial charge on any atom is -0.352 e. The predicted molar refractivity (Wildman–Crippen MR) is 82.4 cm³/mol. The smallest absolute Gasteiger partial charge is 0.275 e. The Balaban J connectivity index is 2.25. The summed E-state index contributed by atoms with van der Waals surface area (Å²) < 4.78 is 16.6. The average molecular weight is 301 g/mol. The SMILES string of the molecule is CC(C)NC(=O)Cn1c(=O)c2cccn2c2ccc(F)cc21. The minimum absolute atomic E-state index is 0.0248. The zero-order valence-electron chi connectivity index (χ0n) is 12.3. The van der Waals surface area contributed by atoms with Crippen molar-refractivity contribution in [2.24, 2.45) is 0 Å². The first kappa shape index (κ1) is 14.3. The molecule has 1 aromatic carbocycles. The Morgan fingerprint density at radius 2 is 2.00 bits per heavy atom. The summed E-state index contributed by atoms with van der Waals surface area (Å²) in [4.78, 5) is 24.6. The highest BCUT2D eigenvalue weighted by molar-refractivity contribution is 5.82. The van der Waals surface area contributed by atoms with Crippen LogP contribution in [0.15, 0.2) is 41.3 Å². The van der Waals surface area contributed by atoms with Gasteiger partial charge in [-0.15, -0.1) is 0 Å². The molecule has 5 nitrogen and oxygen atoms in total. The third-order valence-corrected chi connectivity index (χ3v) is 3.45. The number of carbonyl (C=O) groups is 1. The first-order chi connectivity index (χ1) is 10.5. The van der Waals surface area contributed by atoms with Crippen molar-refractivity contribution < 1.29 is 9.18 Å². The van der Waals surface area contributed by atoms with E-state index in [0.29, 0.717) is 16.6 Å². The largest absolute Gasteiger partial charge is 0.352 e. The molecule has 0 bridgehead atoms. The summed E-state index contributed by atoms with van der Waals surface area (Å²) in [5.41, 5.74) is 1.21. The van der Waals surface area contributed by atoms with Gasteiger partial charge < -0.3 is 9.72 Å². The molecule has 0 spiro atoms. The van der Waals surface area contributed by atoms with Crippen LogP contribution in [0.3, 0.4) is 0 Å². The lowest BCUT2D eigenvalue weighted by atomic mass is 10.2. The lowest BCUT2D eigenvalue weighted by Gasteiger charge is -2.14. The fourth-order valence-corrected chi connectivity index (χ4v) is 2.60. The Morgan fingerprint density at radius 3 is 2.73 bits per heavy atom. The van der Waals surface area contributed by atoms with E-state index in [0.717, 1.165) is 0 Å². The second kappa shape index (κ2) is 5.29. The number of benzene rings is 1. The standard InChI is InChI=1S/C16H16FN3O2/c1-10(2)18-15(21)9-20-14-8-11(17)5-6-12(14)19-7-3-4-13(19)16(20)22/h3-8,10H,9H2,1-2H3,(H,18,21). The van der Waals surface area contributed by atoms with E-state index < -0.39 is 5.82 Å². The van der Waals surface area contributed by atoms with Crippen LogP contribution < -0.4 is 10.9 Å². The van der Waals surface area contributed by atoms with E-state index in [1.807, 2.05) is 13.8 Å². The van der Waals surface area contributed by atoms with Gasteiger partial charge in [0.25, 0.3) is 5.56 Å². The number of amides is 1. The fourth-order valence-electron chi connectivity index (χ4n) is 2.60. The van der Waals surface area contributed by atoms with Crippen molar-refractivity contribution in [3.05, 3.63) is 52.7 Å². The third-order valence-electron chi connectivity index (χ3n) is 3.45. The van der Waals surface area contributed by atoms with Crippen LogP contribution in [-0.4, -0.2) is 20.9 Å². The zero-order valence-corrected chi connectivity index (χ0v) is 12.3. The van der Waals surface area contributed by atoms with Gasteiger partial charge in [-0.05, 0) is 44.2 Å². The van der Waals surface area contributed by atoms with Crippen molar-refractivity contribution in [2.75, 3.05) is 0 Å². The molecule has 0 aliphatic rings. The molecule has 2 aromatic heterocycles. The molecular weight excluding hydrogens is 285 g/mol. The maximum absolute atomic E-state index is 13.6. The van der Waals surface area contributed by atoms with Gasteiger partial charge in [0, 0.05) is 12.2 Å². The second-order valence-electron chi connectivity index (χ2n) is 5.51. The molecule has 0 radical (unpaired) electrons. The highest BCUT2D eigenvalue weighted by atomic mass is 19.1. The summed E-state index contributed by atoms with van der Waals surface area (Å²) in [5.74, 6) is -0.727. The number of hydrogen-bond donors (Lipinski definition) is 1. The van der Waals surface area contributed by atoms with E-state index in [4.69, 9.17) is 0 Å². The molecule has 0 aliphatic heterocycles. The number of nitrogens with one attached hydrogen (secondary N) is 1. The normalized spacial score (nSPS) is 11.5. The summed E-state index contributed by atoms with van der Waals surface area (Å²) in [6.45, 7) is 3.54. The molecule has 3 rings (SSSR count). The van der Waals surface area contributed by atoms with Gasteiger partial charge in [0.1, 0.15) is 17.9 Å². The molecule has 0 aliphatic carbocycles. The summed E-state index contributed by atoms with van der Waals surface area (Å²) >= 11 is 0. The molecule has 0 saturated carbocycles. The van der Waals surface area contributed by atoms with E-state index in [-0.39, 0.29) is 24.1 Å². The van der Waals surface area contributed by atoms with E-state index in [1.54, 1.807) is 28.8 Å². The number of carbonyl (C=O) groups excluding carboxylic acids is 1. The van der Waals surface area contributed by atoms with Gasteiger partial charge in [-0.1, -0.05) is 0 Å². The lowest BCUT2D eigenvalue weighted by molar-refractivity contribution is -0.122. The van der Waals surface area contributed by atoms with Crippen LogP contribution in [0.2, 0.25) is 0 Å². The van der Waals surface area contributed by atoms with Gasteiger partial charge in [-0.25, -0.2) is 4.39 Å². The van der Waals surface area contributed by atoms with Crippen molar-refractivity contribution >= 4 is 22.5 Å². The van der Waals surface area contributed by atoms with Crippen molar-refractivity contribution in [1.82, 2.24) is 14.3 Å². The first-order valence-electron chi connectivity index (χ1n) is 7.06. The molecule has 6 heteroatoms. The van der Waals surface area contributed by atoms with Crippen molar-refractivity contribution in [1.29, 1.82) is 0 Å². The Labute approximate surface area is 126 Å². The maximum atomic E-state index is 13.6. The second-order valence-corrected chi connectivity index (χ2v) is 5.51. The maximum Gasteiger partial charge on any atom is 0.275 e. The minimum atomic E-state index is -0.448. The number of fused-ring (bicyclic) bond motifs is 3. The van der Waals surface area contributed by atoms with Crippen LogP contribution in [0.25, 0.3) is 16.6 Å². The molecule has 0 fully saturated rings. The van der Waals surface area contributed by atoms with Crippen molar-refractivity contribution in [3.8, 4) is 0 Å². The quantitative estimate of drug-likeness (QED) is 0.803. The number of aromatic nitrogens is 2. The van der Waals surface area contributed by atoms with E-state index in [2.05, 4.69) is 5.32 Å². The molecule has 3 aromatic rings. The van der Waals surface area contributed by atoms with Gasteiger partial charge in [-0.3, -0.25) is 14.2 Å². The van der Waals surface area contributed by atoms with Gasteiger partial charge in [0.05, 0.1) is 11.0 Å². The van der Waals surface area contributed by atoms with Gasteiger partial charge in [-0.2, -0.15) is 0 Å². The van der Waals surface area contributed by atoms with Crippen LogP contribution >= 0.6 is 0 Å². The van der Waals surface area contributed by atoms with Crippen LogP contribution in [0.5, 0.6) is 0 Å². The third kappa shape index (κ3) is 2.36. The Bertz CT molecular complexity index is 924. The number of halogens is 1. The lowest BCUT2D eigenvalue weighted by Crippen LogP contribution is -2.36. The Morgan fingerprint density at radius 1 is 1.23 bits per heavy atom. The fraction of sp³-hybridized carbons (Fsp3) is 0.250. The summed E-state index contributed by atoms with van der Waals surface area (Å²) in [5, 5.41) is 2.74. The molecule has 0 atom stereocenters. The topological polar surface area (TPSA) is 55.5 Å². The van der Waals surface area contributed by atoms with Crippen LogP contribution in [0, 0.1) is 5.82 Å². The van der Waals surface area contributed by atoms with Gasteiger partial charge >= 0.3 is 0 Å². The molecule has 0 saturated heterocycles. The molecular formula is C16H16FN3O2. The molecule has 1 amide bonds. The molecule has 22 heavy (non-hydrogen) atoms.